The molecule has 2 unspecified atom stereocenters. The molecule has 15 heavy (non-hydrogen) atoms. The number of aliphatic carboxylic acids is 1. The van der Waals surface area contributed by atoms with Crippen LogP contribution >= 0.6 is 0 Å². The van der Waals surface area contributed by atoms with E-state index >= 15 is 0 Å². The van der Waals surface area contributed by atoms with E-state index in [1.54, 1.807) is 0 Å². The Morgan fingerprint density at radius 1 is 1.40 bits per heavy atom. The first-order chi connectivity index (χ1) is 7.06. The highest BCUT2D eigenvalue weighted by molar-refractivity contribution is 5.83. The van der Waals surface area contributed by atoms with E-state index in [-0.39, 0.29) is 18.4 Å². The summed E-state index contributed by atoms with van der Waals surface area (Å²) in [6.45, 7) is 4.21. The molecule has 0 aliphatic heterocycles. The second-order valence-corrected chi connectivity index (χ2v) is 4.26. The van der Waals surface area contributed by atoms with Gasteiger partial charge in [-0.25, -0.2) is 0 Å². The lowest BCUT2D eigenvalue weighted by Crippen LogP contribution is -2.40. The van der Waals surface area contributed by atoms with Crippen molar-refractivity contribution < 1.29 is 14.7 Å². The minimum atomic E-state index is -0.934. The lowest BCUT2D eigenvalue weighted by Gasteiger charge is -2.24. The first-order valence-corrected chi connectivity index (χ1v) is 5.56. The molecular formula is C11H19NO3. The monoisotopic (exact) mass is 213 g/mol. The molecule has 0 saturated heterocycles. The van der Waals surface area contributed by atoms with Gasteiger partial charge in [0, 0.05) is 12.5 Å². The first-order valence-electron chi connectivity index (χ1n) is 5.56. The van der Waals surface area contributed by atoms with Gasteiger partial charge in [-0.05, 0) is 25.7 Å². The summed E-state index contributed by atoms with van der Waals surface area (Å²) < 4.78 is 0. The standard InChI is InChI=1S/C11H19NO3/c1-3-12(7-10(13)14)11(15)9-6-4-5-8(9)2/h8-9H,3-7H2,1-2H3,(H,13,14). The van der Waals surface area contributed by atoms with Gasteiger partial charge in [-0.1, -0.05) is 13.3 Å². The highest BCUT2D eigenvalue weighted by atomic mass is 16.4. The highest BCUT2D eigenvalue weighted by Gasteiger charge is 2.32. The SMILES string of the molecule is CCN(CC(=O)O)C(=O)C1CCCC1C. The van der Waals surface area contributed by atoms with Crippen LogP contribution < -0.4 is 0 Å². The molecule has 4 nitrogen and oxygen atoms in total. The fraction of sp³-hybridized carbons (Fsp3) is 0.818. The lowest BCUT2D eigenvalue weighted by atomic mass is 9.96. The summed E-state index contributed by atoms with van der Waals surface area (Å²) in [4.78, 5) is 24.0. The molecule has 1 saturated carbocycles. The Morgan fingerprint density at radius 3 is 2.47 bits per heavy atom. The number of likely N-dealkylation sites (N-methyl/N-ethyl adjacent to an activating group) is 1. The summed E-state index contributed by atoms with van der Waals surface area (Å²) in [5.74, 6) is -0.467. The minimum Gasteiger partial charge on any atom is -0.480 e. The Morgan fingerprint density at radius 2 is 2.07 bits per heavy atom. The largest absolute Gasteiger partial charge is 0.480 e. The van der Waals surface area contributed by atoms with E-state index in [0.717, 1.165) is 19.3 Å². The number of hydrogen-bond acceptors (Lipinski definition) is 2. The van der Waals surface area contributed by atoms with Crippen molar-refractivity contribution >= 4 is 11.9 Å². The molecule has 0 bridgehead atoms. The number of rotatable bonds is 4. The average molecular weight is 213 g/mol. The van der Waals surface area contributed by atoms with Crippen LogP contribution in [0.25, 0.3) is 0 Å². The summed E-state index contributed by atoms with van der Waals surface area (Å²) in [6, 6.07) is 0. The van der Waals surface area contributed by atoms with E-state index < -0.39 is 5.97 Å². The van der Waals surface area contributed by atoms with E-state index in [2.05, 4.69) is 6.92 Å². The fourth-order valence-electron chi connectivity index (χ4n) is 2.26. The summed E-state index contributed by atoms with van der Waals surface area (Å²) >= 11 is 0. The van der Waals surface area contributed by atoms with Crippen LogP contribution in [0, 0.1) is 11.8 Å². The molecule has 0 radical (unpaired) electrons. The van der Waals surface area contributed by atoms with E-state index in [1.807, 2.05) is 6.92 Å². The van der Waals surface area contributed by atoms with Gasteiger partial charge in [0.05, 0.1) is 0 Å². The number of hydrogen-bond donors (Lipinski definition) is 1. The first kappa shape index (κ1) is 12.0. The molecule has 1 aliphatic carbocycles. The van der Waals surface area contributed by atoms with Crippen LogP contribution in [0.2, 0.25) is 0 Å². The van der Waals surface area contributed by atoms with Crippen LogP contribution in [0.5, 0.6) is 0 Å². The summed E-state index contributed by atoms with van der Waals surface area (Å²) in [7, 11) is 0. The van der Waals surface area contributed by atoms with Crippen molar-refractivity contribution in [2.45, 2.75) is 33.1 Å². The maximum absolute atomic E-state index is 12.0. The Balaban J connectivity index is 2.59. The van der Waals surface area contributed by atoms with E-state index in [1.165, 1.54) is 4.90 Å². The molecule has 0 aromatic rings. The van der Waals surface area contributed by atoms with Gasteiger partial charge in [-0.3, -0.25) is 9.59 Å². The summed E-state index contributed by atoms with van der Waals surface area (Å²) in [6.07, 6.45) is 3.08. The number of carboxylic acid groups (broad SMARTS) is 1. The van der Waals surface area contributed by atoms with Gasteiger partial charge < -0.3 is 10.0 Å². The Bertz CT molecular complexity index is 252. The van der Waals surface area contributed by atoms with Crippen molar-refractivity contribution in [1.82, 2.24) is 4.90 Å². The van der Waals surface area contributed by atoms with Crippen LogP contribution in [-0.4, -0.2) is 35.0 Å². The molecule has 1 amide bonds. The van der Waals surface area contributed by atoms with Gasteiger partial charge in [0.1, 0.15) is 6.54 Å². The molecular weight excluding hydrogens is 194 g/mol. The van der Waals surface area contributed by atoms with Crippen molar-refractivity contribution in [3.63, 3.8) is 0 Å². The quantitative estimate of drug-likeness (QED) is 0.767. The van der Waals surface area contributed by atoms with Gasteiger partial charge in [-0.2, -0.15) is 0 Å². The minimum absolute atomic E-state index is 0.0184. The predicted molar refractivity (Wildman–Crippen MR) is 56.4 cm³/mol. The normalized spacial score (nSPS) is 25.2. The van der Waals surface area contributed by atoms with Gasteiger partial charge >= 0.3 is 5.97 Å². The molecule has 1 aliphatic rings. The maximum atomic E-state index is 12.0. The van der Waals surface area contributed by atoms with Crippen molar-refractivity contribution in [2.75, 3.05) is 13.1 Å². The highest BCUT2D eigenvalue weighted by Crippen LogP contribution is 2.32. The van der Waals surface area contributed by atoms with Gasteiger partial charge in [0.2, 0.25) is 5.91 Å². The third kappa shape index (κ3) is 2.94. The van der Waals surface area contributed by atoms with Crippen LogP contribution in [0.4, 0.5) is 0 Å². The molecule has 86 valence electrons. The third-order valence-corrected chi connectivity index (χ3v) is 3.20. The van der Waals surface area contributed by atoms with E-state index in [0.29, 0.717) is 12.5 Å². The van der Waals surface area contributed by atoms with E-state index in [9.17, 15) is 9.59 Å². The molecule has 0 aromatic heterocycles. The van der Waals surface area contributed by atoms with Crippen LogP contribution in [0.3, 0.4) is 0 Å². The molecule has 1 fully saturated rings. The van der Waals surface area contributed by atoms with Crippen molar-refractivity contribution in [3.8, 4) is 0 Å². The second kappa shape index (κ2) is 5.14. The number of carboxylic acids is 1. The zero-order valence-electron chi connectivity index (χ0n) is 9.40. The predicted octanol–water partition coefficient (Wildman–Crippen LogP) is 1.36. The Hall–Kier alpha value is -1.06. The number of carbonyl (C=O) groups excluding carboxylic acids is 1. The summed E-state index contributed by atoms with van der Waals surface area (Å²) in [5, 5.41) is 8.68. The Kier molecular flexibility index (Phi) is 4.12. The lowest BCUT2D eigenvalue weighted by molar-refractivity contribution is -0.146. The van der Waals surface area contributed by atoms with E-state index in [4.69, 9.17) is 5.11 Å². The fourth-order valence-corrected chi connectivity index (χ4v) is 2.26. The zero-order valence-corrected chi connectivity index (χ0v) is 9.40. The molecule has 0 aromatic carbocycles. The van der Waals surface area contributed by atoms with Crippen LogP contribution in [0.1, 0.15) is 33.1 Å². The maximum Gasteiger partial charge on any atom is 0.323 e. The number of nitrogens with zero attached hydrogens (tertiary/aromatic N) is 1. The van der Waals surface area contributed by atoms with Crippen LogP contribution in [0.15, 0.2) is 0 Å². The van der Waals surface area contributed by atoms with Crippen LogP contribution in [-0.2, 0) is 9.59 Å². The zero-order chi connectivity index (χ0) is 11.4. The Labute approximate surface area is 90.3 Å². The van der Waals surface area contributed by atoms with Gasteiger partial charge in [-0.15, -0.1) is 0 Å². The average Bonchev–Trinajstić information content (AvgIpc) is 2.59. The van der Waals surface area contributed by atoms with Gasteiger partial charge in [0.25, 0.3) is 0 Å². The van der Waals surface area contributed by atoms with Gasteiger partial charge in [0.15, 0.2) is 0 Å². The number of carbonyl (C=O) groups is 2. The molecule has 2 atom stereocenters. The molecule has 0 heterocycles. The molecule has 0 spiro atoms. The topological polar surface area (TPSA) is 57.6 Å². The molecule has 1 N–H and O–H groups in total. The smallest absolute Gasteiger partial charge is 0.323 e. The van der Waals surface area contributed by atoms with Crippen molar-refractivity contribution in [3.05, 3.63) is 0 Å². The molecule has 4 heteroatoms. The van der Waals surface area contributed by atoms with Crippen molar-refractivity contribution in [1.29, 1.82) is 0 Å². The second-order valence-electron chi connectivity index (χ2n) is 4.26. The molecule has 1 rings (SSSR count). The number of amides is 1. The third-order valence-electron chi connectivity index (χ3n) is 3.20. The van der Waals surface area contributed by atoms with Crippen molar-refractivity contribution in [2.24, 2.45) is 11.8 Å². The summed E-state index contributed by atoms with van der Waals surface area (Å²) in [5.41, 5.74) is 0.